The van der Waals surface area contributed by atoms with Gasteiger partial charge in [0.1, 0.15) is 6.04 Å². The van der Waals surface area contributed by atoms with Gasteiger partial charge in [0.25, 0.3) is 11.8 Å². The van der Waals surface area contributed by atoms with Crippen molar-refractivity contribution in [3.63, 3.8) is 0 Å². The second kappa shape index (κ2) is 6.33. The van der Waals surface area contributed by atoms with Crippen molar-refractivity contribution < 1.29 is 19.5 Å². The molecule has 1 aromatic rings. The summed E-state index contributed by atoms with van der Waals surface area (Å²) < 4.78 is 1.95. The van der Waals surface area contributed by atoms with Crippen LogP contribution in [-0.2, 0) is 4.79 Å². The van der Waals surface area contributed by atoms with Gasteiger partial charge in [-0.05, 0) is 69.6 Å². The van der Waals surface area contributed by atoms with Crippen LogP contribution >= 0.6 is 63.7 Å². The molecule has 0 aromatic heterocycles. The molecule has 0 aliphatic carbocycles. The Morgan fingerprint density at radius 1 is 0.909 bits per heavy atom. The molecule has 0 saturated heterocycles. The molecule has 118 valence electrons. The molecule has 0 fully saturated rings. The highest BCUT2D eigenvalue weighted by atomic mass is 79.9. The third-order valence-corrected chi connectivity index (χ3v) is 8.06. The van der Waals surface area contributed by atoms with Gasteiger partial charge in [-0.15, -0.1) is 0 Å². The Morgan fingerprint density at radius 2 is 1.27 bits per heavy atom. The Balaban J connectivity index is 2.71. The number of carboxylic acid groups (broad SMARTS) is 1. The molecule has 1 heterocycles. The number of fused-ring (bicyclic) bond motifs is 1. The quantitative estimate of drug-likeness (QED) is 0.336. The third-order valence-electron chi connectivity index (χ3n) is 3.30. The van der Waals surface area contributed by atoms with Crippen molar-refractivity contribution in [1.29, 1.82) is 0 Å². The van der Waals surface area contributed by atoms with Crippen LogP contribution in [0.4, 0.5) is 0 Å². The standard InChI is InChI=1S/C13H9Br4NO4/c1-3(2)10(13(21)22)18-11(19)4-5(12(18)20)7(15)9(17)8(16)6(4)14/h3,10H,1-2H3,(H,21,22)/t10-/m1/s1. The smallest absolute Gasteiger partial charge is 0.327 e. The summed E-state index contributed by atoms with van der Waals surface area (Å²) in [5.74, 6) is -2.87. The van der Waals surface area contributed by atoms with E-state index in [0.717, 1.165) is 4.90 Å². The van der Waals surface area contributed by atoms with Crippen molar-refractivity contribution in [1.82, 2.24) is 4.90 Å². The first kappa shape index (κ1) is 18.1. The Labute approximate surface area is 159 Å². The fraction of sp³-hybridized carbons (Fsp3) is 0.308. The number of carbonyl (C=O) groups is 3. The fourth-order valence-corrected chi connectivity index (χ4v) is 4.77. The zero-order valence-electron chi connectivity index (χ0n) is 11.3. The minimum Gasteiger partial charge on any atom is -0.480 e. The summed E-state index contributed by atoms with van der Waals surface area (Å²) in [7, 11) is 0. The number of rotatable bonds is 3. The van der Waals surface area contributed by atoms with Crippen LogP contribution in [0.2, 0.25) is 0 Å². The van der Waals surface area contributed by atoms with Crippen LogP contribution in [0.25, 0.3) is 0 Å². The van der Waals surface area contributed by atoms with E-state index >= 15 is 0 Å². The lowest BCUT2D eigenvalue weighted by atomic mass is 10.0. The SMILES string of the molecule is CC(C)[C@H](C(=O)O)N1C(=O)c2c(Br)c(Br)c(Br)c(Br)c2C1=O. The number of amides is 2. The molecule has 2 rings (SSSR count). The predicted molar refractivity (Wildman–Crippen MR) is 94.0 cm³/mol. The molecule has 0 unspecified atom stereocenters. The molecule has 1 aromatic carbocycles. The molecule has 5 nitrogen and oxygen atoms in total. The maximum absolute atomic E-state index is 12.6. The molecule has 0 saturated carbocycles. The summed E-state index contributed by atoms with van der Waals surface area (Å²) in [6.07, 6.45) is 0. The van der Waals surface area contributed by atoms with Crippen LogP contribution in [0.1, 0.15) is 34.6 Å². The van der Waals surface area contributed by atoms with E-state index < -0.39 is 29.7 Å². The summed E-state index contributed by atoms with van der Waals surface area (Å²) in [6, 6.07) is -1.22. The van der Waals surface area contributed by atoms with E-state index in [2.05, 4.69) is 63.7 Å². The van der Waals surface area contributed by atoms with Crippen LogP contribution in [0.15, 0.2) is 17.9 Å². The Morgan fingerprint density at radius 3 is 1.55 bits per heavy atom. The van der Waals surface area contributed by atoms with Gasteiger partial charge in [-0.2, -0.15) is 0 Å². The van der Waals surface area contributed by atoms with E-state index in [0.29, 0.717) is 17.9 Å². The molecular weight excluding hydrogens is 554 g/mol. The maximum atomic E-state index is 12.6. The summed E-state index contributed by atoms with van der Waals surface area (Å²) >= 11 is 13.2. The van der Waals surface area contributed by atoms with Crippen LogP contribution in [0, 0.1) is 5.92 Å². The van der Waals surface area contributed by atoms with E-state index in [1.807, 2.05) is 0 Å². The highest BCUT2D eigenvalue weighted by molar-refractivity contribution is 9.15. The Kier molecular flexibility index (Phi) is 5.21. The van der Waals surface area contributed by atoms with Gasteiger partial charge >= 0.3 is 5.97 Å². The highest BCUT2D eigenvalue weighted by Gasteiger charge is 2.47. The van der Waals surface area contributed by atoms with E-state index in [1.54, 1.807) is 13.8 Å². The van der Waals surface area contributed by atoms with Gasteiger partial charge in [0.2, 0.25) is 0 Å². The monoisotopic (exact) mass is 559 g/mol. The van der Waals surface area contributed by atoms with Crippen LogP contribution in [0.3, 0.4) is 0 Å². The lowest BCUT2D eigenvalue weighted by molar-refractivity contribution is -0.143. The van der Waals surface area contributed by atoms with Crippen molar-refractivity contribution in [2.45, 2.75) is 19.9 Å². The van der Waals surface area contributed by atoms with E-state index in [1.165, 1.54) is 0 Å². The first-order chi connectivity index (χ1) is 10.1. The second-order valence-corrected chi connectivity index (χ2v) is 8.19. The number of nitrogens with zero attached hydrogens (tertiary/aromatic N) is 1. The van der Waals surface area contributed by atoms with Gasteiger partial charge in [0, 0.05) is 17.9 Å². The van der Waals surface area contributed by atoms with E-state index in [-0.39, 0.29) is 11.1 Å². The van der Waals surface area contributed by atoms with Crippen molar-refractivity contribution in [3.05, 3.63) is 29.0 Å². The van der Waals surface area contributed by atoms with Crippen molar-refractivity contribution >= 4 is 81.5 Å². The van der Waals surface area contributed by atoms with Gasteiger partial charge in [-0.25, -0.2) is 4.79 Å². The molecule has 1 N–H and O–H groups in total. The number of hydrogen-bond acceptors (Lipinski definition) is 3. The van der Waals surface area contributed by atoms with Crippen LogP contribution in [-0.4, -0.2) is 33.8 Å². The van der Waals surface area contributed by atoms with E-state index in [9.17, 15) is 19.5 Å². The average Bonchev–Trinajstić information content (AvgIpc) is 2.67. The van der Waals surface area contributed by atoms with Crippen molar-refractivity contribution in [3.8, 4) is 0 Å². The Bertz CT molecular complexity index is 670. The molecule has 1 aliphatic rings. The summed E-state index contributed by atoms with van der Waals surface area (Å²) in [5.41, 5.74) is 0.303. The molecule has 9 heteroatoms. The number of halogens is 4. The zero-order valence-corrected chi connectivity index (χ0v) is 17.6. The normalized spacial score (nSPS) is 15.5. The third kappa shape index (κ3) is 2.59. The first-order valence-electron chi connectivity index (χ1n) is 6.07. The lowest BCUT2D eigenvalue weighted by Crippen LogP contribution is -2.47. The molecular formula is C13H9Br4NO4. The molecule has 0 spiro atoms. The minimum atomic E-state index is -1.22. The highest BCUT2D eigenvalue weighted by Crippen LogP contribution is 2.45. The molecule has 0 bridgehead atoms. The van der Waals surface area contributed by atoms with Gasteiger partial charge in [-0.1, -0.05) is 13.8 Å². The number of carboxylic acids is 1. The molecule has 0 radical (unpaired) electrons. The number of aliphatic carboxylic acids is 1. The molecule has 1 aliphatic heterocycles. The largest absolute Gasteiger partial charge is 0.480 e. The minimum absolute atomic E-state index is 0.152. The van der Waals surface area contributed by atoms with Crippen molar-refractivity contribution in [2.24, 2.45) is 5.92 Å². The fourth-order valence-electron chi connectivity index (χ4n) is 2.31. The summed E-state index contributed by atoms with van der Waals surface area (Å²) in [4.78, 5) is 37.6. The van der Waals surface area contributed by atoms with Gasteiger partial charge in [0.05, 0.1) is 11.1 Å². The zero-order chi connectivity index (χ0) is 16.9. The number of imide groups is 1. The maximum Gasteiger partial charge on any atom is 0.327 e. The van der Waals surface area contributed by atoms with Gasteiger partial charge < -0.3 is 5.11 Å². The average molecular weight is 563 g/mol. The lowest BCUT2D eigenvalue weighted by Gasteiger charge is -2.25. The van der Waals surface area contributed by atoms with Crippen LogP contribution < -0.4 is 0 Å². The number of benzene rings is 1. The second-order valence-electron chi connectivity index (χ2n) is 5.01. The van der Waals surface area contributed by atoms with Crippen molar-refractivity contribution in [2.75, 3.05) is 0 Å². The number of carbonyl (C=O) groups excluding carboxylic acids is 2. The first-order valence-corrected chi connectivity index (χ1v) is 9.25. The van der Waals surface area contributed by atoms with E-state index in [4.69, 9.17) is 0 Å². The predicted octanol–water partition coefficient (Wildman–Crippen LogP) is 4.44. The summed E-state index contributed by atoms with van der Waals surface area (Å²) in [6.45, 7) is 3.30. The Hall–Kier alpha value is -0.250. The van der Waals surface area contributed by atoms with Crippen LogP contribution in [0.5, 0.6) is 0 Å². The van der Waals surface area contributed by atoms with Gasteiger partial charge in [0.15, 0.2) is 0 Å². The van der Waals surface area contributed by atoms with Gasteiger partial charge in [-0.3, -0.25) is 14.5 Å². The molecule has 2 amide bonds. The topological polar surface area (TPSA) is 74.7 Å². The molecule has 22 heavy (non-hydrogen) atoms. The summed E-state index contributed by atoms with van der Waals surface area (Å²) in [5, 5.41) is 9.38. The molecule has 1 atom stereocenters. The number of hydrogen-bond donors (Lipinski definition) is 1.